The van der Waals surface area contributed by atoms with E-state index in [1.54, 1.807) is 0 Å². The minimum absolute atomic E-state index is 0.752. The molecule has 0 rings (SSSR count). The van der Waals surface area contributed by atoms with Gasteiger partial charge in [0.2, 0.25) is 0 Å². The Morgan fingerprint density at radius 2 is 2.38 bits per heavy atom. The van der Waals surface area contributed by atoms with Crippen molar-refractivity contribution in [2.45, 2.75) is 0 Å². The first-order valence-electron chi connectivity index (χ1n) is 1.83. The second-order valence-corrected chi connectivity index (χ2v) is 2.90. The Morgan fingerprint density at radius 3 is 2.88 bits per heavy atom. The summed E-state index contributed by atoms with van der Waals surface area (Å²) >= 11 is 1.11. The van der Waals surface area contributed by atoms with Gasteiger partial charge >= 0.3 is 0 Å². The van der Waals surface area contributed by atoms with Crippen LogP contribution in [0.3, 0.4) is 0 Å². The van der Waals surface area contributed by atoms with Gasteiger partial charge in [-0.15, -0.1) is 5.26 Å². The van der Waals surface area contributed by atoms with Crippen LogP contribution >= 0.6 is 33.7 Å². The highest BCUT2D eigenvalue weighted by atomic mass is 35.7. The lowest BCUT2D eigenvalue weighted by Gasteiger charge is -1.88. The first-order valence-corrected chi connectivity index (χ1v) is 4.55. The first-order chi connectivity index (χ1) is 3.91. The molecule has 0 aromatic rings. The van der Waals surface area contributed by atoms with Gasteiger partial charge in [-0.3, -0.25) is 0 Å². The second kappa shape index (κ2) is 7.28. The van der Waals surface area contributed by atoms with Gasteiger partial charge in [0.1, 0.15) is 0 Å². The maximum atomic E-state index is 7.83. The summed E-state index contributed by atoms with van der Waals surface area (Å²) in [5, 5.41) is 7.83. The molecule has 0 saturated carbocycles. The van der Waals surface area contributed by atoms with Crippen LogP contribution in [0.4, 0.5) is 0 Å². The fourth-order valence-corrected chi connectivity index (χ4v) is 1.36. The summed E-state index contributed by atoms with van der Waals surface area (Å²) in [6, 6.07) is 0. The zero-order valence-electron chi connectivity index (χ0n) is 3.96. The molecule has 8 heavy (non-hydrogen) atoms. The zero-order chi connectivity index (χ0) is 6.24. The number of nitrogens with zero attached hydrogens (tertiary/aromatic N) is 1. The lowest BCUT2D eigenvalue weighted by Crippen LogP contribution is -1.78. The van der Waals surface area contributed by atoms with Gasteiger partial charge in [0, 0.05) is 11.5 Å². The van der Waals surface area contributed by atoms with Crippen molar-refractivity contribution in [2.75, 3.05) is 11.5 Å². The highest BCUT2D eigenvalue weighted by Gasteiger charge is 1.86. The molecular formula is C3H4ClNOS2. The van der Waals surface area contributed by atoms with Crippen molar-refractivity contribution in [1.29, 1.82) is 5.26 Å². The standard InChI is InChI=1S/C3H4ClNOS2/c4-7-1-2-8-6-3-5/h1-2H2. The van der Waals surface area contributed by atoms with Crippen LogP contribution in [0.1, 0.15) is 0 Å². The van der Waals surface area contributed by atoms with Gasteiger partial charge in [0.25, 0.3) is 6.26 Å². The molecule has 5 heteroatoms. The van der Waals surface area contributed by atoms with Crippen molar-refractivity contribution in [3.8, 4) is 6.26 Å². The molecule has 0 aliphatic carbocycles. The van der Waals surface area contributed by atoms with E-state index in [0.29, 0.717) is 0 Å². The third-order valence-corrected chi connectivity index (χ3v) is 1.98. The molecule has 2 nitrogen and oxygen atoms in total. The van der Waals surface area contributed by atoms with Crippen LogP contribution < -0.4 is 0 Å². The SMILES string of the molecule is N#COSCCSCl. The third-order valence-electron chi connectivity index (χ3n) is 0.340. The van der Waals surface area contributed by atoms with Gasteiger partial charge in [0.05, 0.1) is 12.0 Å². The molecule has 0 spiro atoms. The molecule has 0 saturated heterocycles. The van der Waals surface area contributed by atoms with Crippen molar-refractivity contribution in [3.63, 3.8) is 0 Å². The number of hydrogen-bond acceptors (Lipinski definition) is 4. The van der Waals surface area contributed by atoms with Crippen LogP contribution in [-0.4, -0.2) is 11.5 Å². The first kappa shape index (κ1) is 8.28. The van der Waals surface area contributed by atoms with Crippen molar-refractivity contribution in [1.82, 2.24) is 0 Å². The predicted molar refractivity (Wildman–Crippen MR) is 37.5 cm³/mol. The van der Waals surface area contributed by atoms with Crippen LogP contribution in [0.5, 0.6) is 0 Å². The van der Waals surface area contributed by atoms with Crippen molar-refractivity contribution in [3.05, 3.63) is 0 Å². The van der Waals surface area contributed by atoms with E-state index in [4.69, 9.17) is 15.9 Å². The van der Waals surface area contributed by atoms with Crippen LogP contribution in [0.15, 0.2) is 0 Å². The number of nitriles is 1. The van der Waals surface area contributed by atoms with Gasteiger partial charge in [0.15, 0.2) is 0 Å². The second-order valence-electron chi connectivity index (χ2n) is 0.810. The summed E-state index contributed by atoms with van der Waals surface area (Å²) in [6.07, 6.45) is 1.54. The van der Waals surface area contributed by atoms with E-state index in [1.165, 1.54) is 17.2 Å². The Labute approximate surface area is 61.2 Å². The molecule has 0 aromatic heterocycles. The van der Waals surface area contributed by atoms with Gasteiger partial charge < -0.3 is 4.18 Å². The maximum Gasteiger partial charge on any atom is 0.299 e. The largest absolute Gasteiger partial charge is 0.352 e. The van der Waals surface area contributed by atoms with E-state index in [-0.39, 0.29) is 0 Å². The van der Waals surface area contributed by atoms with E-state index in [9.17, 15) is 0 Å². The molecule has 0 heterocycles. The Balaban J connectivity index is 2.65. The molecule has 0 unspecified atom stereocenters. The monoisotopic (exact) mass is 169 g/mol. The number of halogens is 1. The summed E-state index contributed by atoms with van der Waals surface area (Å²) in [5.41, 5.74) is 0. The molecule has 0 radical (unpaired) electrons. The van der Waals surface area contributed by atoms with E-state index in [1.807, 2.05) is 0 Å². The zero-order valence-corrected chi connectivity index (χ0v) is 6.35. The summed E-state index contributed by atoms with van der Waals surface area (Å²) in [4.78, 5) is 0. The van der Waals surface area contributed by atoms with Crippen molar-refractivity contribution in [2.24, 2.45) is 0 Å². The molecule has 0 N–H and O–H groups in total. The fraction of sp³-hybridized carbons (Fsp3) is 0.667. The third kappa shape index (κ3) is 6.28. The average Bonchev–Trinajstić information content (AvgIpc) is 1.81. The van der Waals surface area contributed by atoms with Gasteiger partial charge in [-0.05, 0) is 10.7 Å². The molecule has 0 aromatic carbocycles. The normalized spacial score (nSPS) is 8.00. The summed E-state index contributed by atoms with van der Waals surface area (Å²) in [5.74, 6) is 1.55. The molecule has 0 atom stereocenters. The molecule has 0 fully saturated rings. The molecular weight excluding hydrogens is 166 g/mol. The Hall–Kier alpha value is 0.280. The lowest BCUT2D eigenvalue weighted by molar-refractivity contribution is 0.595. The van der Waals surface area contributed by atoms with Crippen LogP contribution in [-0.2, 0) is 4.18 Å². The molecule has 0 bridgehead atoms. The average molecular weight is 170 g/mol. The van der Waals surface area contributed by atoms with Crippen molar-refractivity contribution < 1.29 is 4.18 Å². The van der Waals surface area contributed by atoms with Gasteiger partial charge in [-0.2, -0.15) is 0 Å². The summed E-state index contributed by atoms with van der Waals surface area (Å²) in [7, 11) is 6.46. The highest BCUT2D eigenvalue weighted by Crippen LogP contribution is 2.09. The van der Waals surface area contributed by atoms with E-state index < -0.39 is 0 Å². The van der Waals surface area contributed by atoms with Gasteiger partial charge in [-0.1, -0.05) is 11.0 Å². The van der Waals surface area contributed by atoms with E-state index >= 15 is 0 Å². The summed E-state index contributed by atoms with van der Waals surface area (Å²) < 4.78 is 4.29. The smallest absolute Gasteiger partial charge is 0.299 e. The summed E-state index contributed by atoms with van der Waals surface area (Å²) in [6.45, 7) is 0. The minimum Gasteiger partial charge on any atom is -0.352 e. The fourth-order valence-electron chi connectivity index (χ4n) is 0.134. The molecule has 0 aliphatic heterocycles. The van der Waals surface area contributed by atoms with Crippen molar-refractivity contribution >= 4 is 33.7 Å². The van der Waals surface area contributed by atoms with Crippen LogP contribution in [0.2, 0.25) is 0 Å². The van der Waals surface area contributed by atoms with E-state index in [0.717, 1.165) is 23.5 Å². The number of rotatable bonds is 4. The molecule has 0 amide bonds. The van der Waals surface area contributed by atoms with Crippen LogP contribution in [0, 0.1) is 11.5 Å². The maximum absolute atomic E-state index is 7.83. The Kier molecular flexibility index (Phi) is 7.53. The van der Waals surface area contributed by atoms with Crippen LogP contribution in [0.25, 0.3) is 0 Å². The highest BCUT2D eigenvalue weighted by molar-refractivity contribution is 8.21. The quantitative estimate of drug-likeness (QED) is 0.366. The minimum atomic E-state index is 0.752. The molecule has 0 aliphatic rings. The lowest BCUT2D eigenvalue weighted by atomic mass is 11.0. The topological polar surface area (TPSA) is 33.0 Å². The molecule has 46 valence electrons. The van der Waals surface area contributed by atoms with E-state index in [2.05, 4.69) is 4.18 Å². The Morgan fingerprint density at radius 1 is 1.62 bits per heavy atom. The van der Waals surface area contributed by atoms with Gasteiger partial charge in [-0.25, -0.2) is 0 Å². The Bertz CT molecular complexity index is 83.8. The predicted octanol–water partition coefficient (Wildman–Crippen LogP) is 2.02. The number of hydrogen-bond donors (Lipinski definition) is 0.